The normalized spacial score (nSPS) is 22.8. The van der Waals surface area contributed by atoms with E-state index in [0.717, 1.165) is 18.4 Å². The van der Waals surface area contributed by atoms with Crippen molar-refractivity contribution in [2.75, 3.05) is 6.54 Å². The molecule has 112 valence electrons. The molecule has 3 rings (SSSR count). The van der Waals surface area contributed by atoms with E-state index in [-0.39, 0.29) is 17.7 Å². The molecule has 1 aromatic heterocycles. The van der Waals surface area contributed by atoms with Crippen molar-refractivity contribution < 1.29 is 9.59 Å². The van der Waals surface area contributed by atoms with Crippen molar-refractivity contribution in [1.29, 1.82) is 0 Å². The summed E-state index contributed by atoms with van der Waals surface area (Å²) in [5, 5.41) is 2.93. The third-order valence-electron chi connectivity index (χ3n) is 4.51. The Morgan fingerprint density at radius 1 is 1.29 bits per heavy atom. The summed E-state index contributed by atoms with van der Waals surface area (Å²) < 4.78 is 0. The molecule has 1 aliphatic carbocycles. The number of carbonyl (C=O) groups excluding carboxylic acids is 2. The molecule has 1 aliphatic heterocycles. The number of pyridine rings is 1. The lowest BCUT2D eigenvalue weighted by atomic mass is 10.1. The molecule has 1 N–H and O–H groups in total. The van der Waals surface area contributed by atoms with Gasteiger partial charge in [0.05, 0.1) is 5.92 Å². The molecule has 2 fully saturated rings. The highest BCUT2D eigenvalue weighted by Crippen LogP contribution is 2.29. The van der Waals surface area contributed by atoms with Gasteiger partial charge in [-0.2, -0.15) is 0 Å². The lowest BCUT2D eigenvalue weighted by Gasteiger charge is -2.23. The first-order chi connectivity index (χ1) is 10.2. The predicted molar refractivity (Wildman–Crippen MR) is 78.2 cm³/mol. The number of hydrogen-bond acceptors (Lipinski definition) is 3. The van der Waals surface area contributed by atoms with Crippen LogP contribution in [0, 0.1) is 5.92 Å². The van der Waals surface area contributed by atoms with Gasteiger partial charge in [0.1, 0.15) is 0 Å². The second kappa shape index (κ2) is 6.24. The van der Waals surface area contributed by atoms with E-state index in [1.807, 2.05) is 17.0 Å². The number of hydrogen-bond donors (Lipinski definition) is 1. The number of amides is 2. The number of likely N-dealkylation sites (tertiary alicyclic amines) is 1. The van der Waals surface area contributed by atoms with Crippen molar-refractivity contribution in [2.45, 2.75) is 44.7 Å². The average Bonchev–Trinajstić information content (AvgIpc) is 3.15. The Balaban J connectivity index is 1.52. The van der Waals surface area contributed by atoms with E-state index in [9.17, 15) is 9.59 Å². The van der Waals surface area contributed by atoms with E-state index >= 15 is 0 Å². The largest absolute Gasteiger partial charge is 0.352 e. The fourth-order valence-electron chi connectivity index (χ4n) is 3.31. The van der Waals surface area contributed by atoms with Gasteiger partial charge in [0.15, 0.2) is 0 Å². The second-order valence-corrected chi connectivity index (χ2v) is 5.96. The molecule has 0 radical (unpaired) electrons. The first-order valence-electron chi connectivity index (χ1n) is 7.70. The molecule has 0 bridgehead atoms. The summed E-state index contributed by atoms with van der Waals surface area (Å²) >= 11 is 0. The third kappa shape index (κ3) is 3.23. The molecule has 1 unspecified atom stereocenters. The van der Waals surface area contributed by atoms with Crippen LogP contribution in [0.1, 0.15) is 37.7 Å². The molecule has 1 saturated carbocycles. The smallest absolute Gasteiger partial charge is 0.225 e. The zero-order valence-electron chi connectivity index (χ0n) is 12.1. The van der Waals surface area contributed by atoms with Gasteiger partial charge < -0.3 is 10.2 Å². The van der Waals surface area contributed by atoms with Crippen LogP contribution in [0.5, 0.6) is 0 Å². The molecular formula is C16H21N3O2. The summed E-state index contributed by atoms with van der Waals surface area (Å²) in [5.74, 6) is -0.0634. The van der Waals surface area contributed by atoms with Crippen molar-refractivity contribution in [3.8, 4) is 0 Å². The van der Waals surface area contributed by atoms with Gasteiger partial charge >= 0.3 is 0 Å². The zero-order chi connectivity index (χ0) is 14.7. The second-order valence-electron chi connectivity index (χ2n) is 5.96. The molecule has 1 atom stereocenters. The van der Waals surface area contributed by atoms with E-state index < -0.39 is 0 Å². The van der Waals surface area contributed by atoms with Crippen LogP contribution in [0.25, 0.3) is 0 Å². The number of aromatic nitrogens is 1. The summed E-state index contributed by atoms with van der Waals surface area (Å²) in [7, 11) is 0. The Hall–Kier alpha value is -1.91. The Morgan fingerprint density at radius 3 is 2.71 bits per heavy atom. The van der Waals surface area contributed by atoms with Crippen molar-refractivity contribution in [3.05, 3.63) is 30.1 Å². The molecule has 2 heterocycles. The van der Waals surface area contributed by atoms with Crippen LogP contribution in [-0.2, 0) is 16.1 Å². The quantitative estimate of drug-likeness (QED) is 0.912. The first-order valence-corrected chi connectivity index (χ1v) is 7.70. The predicted octanol–water partition coefficient (Wildman–Crippen LogP) is 1.49. The molecule has 1 saturated heterocycles. The van der Waals surface area contributed by atoms with Crippen LogP contribution >= 0.6 is 0 Å². The number of nitrogens with zero attached hydrogens (tertiary/aromatic N) is 2. The summed E-state index contributed by atoms with van der Waals surface area (Å²) in [6.07, 6.45) is 8.37. The Morgan fingerprint density at radius 2 is 2.00 bits per heavy atom. The molecule has 0 spiro atoms. The van der Waals surface area contributed by atoms with Gasteiger partial charge in [-0.25, -0.2) is 0 Å². The summed E-state index contributed by atoms with van der Waals surface area (Å²) in [6.45, 7) is 1.08. The maximum Gasteiger partial charge on any atom is 0.225 e. The number of nitrogens with one attached hydrogen (secondary N) is 1. The average molecular weight is 287 g/mol. The molecule has 5 heteroatoms. The van der Waals surface area contributed by atoms with Crippen LogP contribution in [0.15, 0.2) is 24.5 Å². The molecular weight excluding hydrogens is 266 g/mol. The summed E-state index contributed by atoms with van der Waals surface area (Å²) in [4.78, 5) is 30.2. The number of rotatable bonds is 4. The number of carbonyl (C=O) groups is 2. The molecule has 1 aromatic rings. The Labute approximate surface area is 124 Å². The lowest BCUT2D eigenvalue weighted by Crippen LogP contribution is -2.36. The van der Waals surface area contributed by atoms with Gasteiger partial charge in [0.25, 0.3) is 0 Å². The highest BCUT2D eigenvalue weighted by Gasteiger charge is 2.38. The van der Waals surface area contributed by atoms with Crippen LogP contribution in [0.2, 0.25) is 0 Å². The Bertz CT molecular complexity index is 512. The monoisotopic (exact) mass is 287 g/mol. The standard InChI is InChI=1S/C16H21N3O2/c20-15-9-13(11-19(15)14-3-1-2-4-14)16(21)18-10-12-5-7-17-8-6-12/h5-8,13-14H,1-4,9-11H2,(H,18,21). The molecule has 0 aromatic carbocycles. The van der Waals surface area contributed by atoms with Gasteiger partial charge in [-0.05, 0) is 30.5 Å². The van der Waals surface area contributed by atoms with E-state index in [1.165, 1.54) is 12.8 Å². The van der Waals surface area contributed by atoms with Crippen molar-refractivity contribution in [2.24, 2.45) is 5.92 Å². The fourth-order valence-corrected chi connectivity index (χ4v) is 3.31. The van der Waals surface area contributed by atoms with Crippen LogP contribution in [0.4, 0.5) is 0 Å². The highest BCUT2D eigenvalue weighted by molar-refractivity contribution is 5.89. The van der Waals surface area contributed by atoms with E-state index in [4.69, 9.17) is 0 Å². The van der Waals surface area contributed by atoms with Gasteiger partial charge in [0, 0.05) is 37.9 Å². The lowest BCUT2D eigenvalue weighted by molar-refractivity contribution is -0.130. The maximum atomic E-state index is 12.2. The third-order valence-corrected chi connectivity index (χ3v) is 4.51. The van der Waals surface area contributed by atoms with Crippen LogP contribution in [-0.4, -0.2) is 34.3 Å². The summed E-state index contributed by atoms with van der Waals surface area (Å²) in [6, 6.07) is 4.13. The maximum absolute atomic E-state index is 12.2. The molecule has 2 aliphatic rings. The van der Waals surface area contributed by atoms with E-state index in [0.29, 0.717) is 25.6 Å². The van der Waals surface area contributed by atoms with Crippen LogP contribution in [0.3, 0.4) is 0 Å². The van der Waals surface area contributed by atoms with Gasteiger partial charge in [-0.3, -0.25) is 14.6 Å². The zero-order valence-corrected chi connectivity index (χ0v) is 12.1. The minimum atomic E-state index is -0.195. The topological polar surface area (TPSA) is 62.3 Å². The first kappa shape index (κ1) is 14.0. The van der Waals surface area contributed by atoms with Crippen molar-refractivity contribution in [3.63, 3.8) is 0 Å². The summed E-state index contributed by atoms with van der Waals surface area (Å²) in [5.41, 5.74) is 1.02. The minimum absolute atomic E-state index is 0.0133. The molecule has 2 amide bonds. The van der Waals surface area contributed by atoms with E-state index in [1.54, 1.807) is 12.4 Å². The molecule has 5 nitrogen and oxygen atoms in total. The van der Waals surface area contributed by atoms with Gasteiger partial charge in [-0.15, -0.1) is 0 Å². The van der Waals surface area contributed by atoms with Gasteiger partial charge in [-0.1, -0.05) is 12.8 Å². The van der Waals surface area contributed by atoms with Crippen LogP contribution < -0.4 is 5.32 Å². The van der Waals surface area contributed by atoms with Crippen molar-refractivity contribution >= 4 is 11.8 Å². The fraction of sp³-hybridized carbons (Fsp3) is 0.562. The minimum Gasteiger partial charge on any atom is -0.352 e. The van der Waals surface area contributed by atoms with Crippen molar-refractivity contribution in [1.82, 2.24) is 15.2 Å². The SMILES string of the molecule is O=C(NCc1ccncc1)C1CC(=O)N(C2CCCC2)C1. The van der Waals surface area contributed by atoms with Gasteiger partial charge in [0.2, 0.25) is 11.8 Å². The molecule has 21 heavy (non-hydrogen) atoms. The Kier molecular flexibility index (Phi) is 4.18. The van der Waals surface area contributed by atoms with E-state index in [2.05, 4.69) is 10.3 Å². The highest BCUT2D eigenvalue weighted by atomic mass is 16.2.